The maximum Gasteiger partial charge on any atom is 0.221 e. The van der Waals surface area contributed by atoms with Crippen LogP contribution in [0.1, 0.15) is 19.4 Å². The highest BCUT2D eigenvalue weighted by atomic mass is 16.1. The Morgan fingerprint density at radius 2 is 2.17 bits per heavy atom. The van der Waals surface area contributed by atoms with E-state index in [1.54, 1.807) is 0 Å². The Kier molecular flexibility index (Phi) is 4.33. The largest absolute Gasteiger partial charge is 0.326 e. The van der Waals surface area contributed by atoms with Gasteiger partial charge in [-0.3, -0.25) is 9.69 Å². The second-order valence-corrected chi connectivity index (χ2v) is 4.97. The predicted molar refractivity (Wildman–Crippen MR) is 73.5 cm³/mol. The lowest BCUT2D eigenvalue weighted by atomic mass is 10.1. The Balaban J connectivity index is 1.91. The molecule has 0 spiro atoms. The lowest BCUT2D eigenvalue weighted by Gasteiger charge is -2.31. The van der Waals surface area contributed by atoms with Crippen molar-refractivity contribution in [2.24, 2.45) is 0 Å². The first-order valence-corrected chi connectivity index (χ1v) is 6.46. The second-order valence-electron chi connectivity index (χ2n) is 4.97. The van der Waals surface area contributed by atoms with Crippen LogP contribution < -0.4 is 10.6 Å². The molecule has 0 aromatic heterocycles. The third-order valence-corrected chi connectivity index (χ3v) is 3.13. The van der Waals surface area contributed by atoms with E-state index in [1.165, 1.54) is 12.5 Å². The Hall–Kier alpha value is -1.39. The van der Waals surface area contributed by atoms with Gasteiger partial charge in [0.05, 0.1) is 0 Å². The molecule has 1 heterocycles. The molecule has 0 saturated carbocycles. The van der Waals surface area contributed by atoms with E-state index < -0.39 is 0 Å². The smallest absolute Gasteiger partial charge is 0.221 e. The first kappa shape index (κ1) is 13.1. The summed E-state index contributed by atoms with van der Waals surface area (Å²) in [5.74, 6) is -0.0290. The van der Waals surface area contributed by atoms with Crippen LogP contribution >= 0.6 is 0 Å². The summed E-state index contributed by atoms with van der Waals surface area (Å²) in [4.78, 5) is 13.4. The van der Waals surface area contributed by atoms with E-state index in [0.717, 1.165) is 31.9 Å². The summed E-state index contributed by atoms with van der Waals surface area (Å²) >= 11 is 0. The molecule has 1 fully saturated rings. The van der Waals surface area contributed by atoms with Crippen LogP contribution in [0.4, 0.5) is 5.69 Å². The van der Waals surface area contributed by atoms with Gasteiger partial charge in [0.2, 0.25) is 5.91 Å². The van der Waals surface area contributed by atoms with E-state index in [1.807, 2.05) is 12.1 Å². The molecule has 1 aromatic rings. The van der Waals surface area contributed by atoms with E-state index in [2.05, 4.69) is 34.6 Å². The zero-order valence-corrected chi connectivity index (χ0v) is 11.1. The number of carbonyl (C=O) groups excluding carboxylic acids is 1. The van der Waals surface area contributed by atoms with Gasteiger partial charge in [0.15, 0.2) is 0 Å². The molecule has 4 heteroatoms. The molecule has 0 unspecified atom stereocenters. The van der Waals surface area contributed by atoms with E-state index in [4.69, 9.17) is 0 Å². The zero-order chi connectivity index (χ0) is 13.0. The van der Waals surface area contributed by atoms with Crippen LogP contribution in [-0.2, 0) is 11.3 Å². The van der Waals surface area contributed by atoms with Crippen LogP contribution in [0.5, 0.6) is 0 Å². The molecule has 2 N–H and O–H groups in total. The van der Waals surface area contributed by atoms with Crippen molar-refractivity contribution in [3.63, 3.8) is 0 Å². The van der Waals surface area contributed by atoms with Crippen molar-refractivity contribution < 1.29 is 4.79 Å². The van der Waals surface area contributed by atoms with Gasteiger partial charge in [-0.2, -0.15) is 0 Å². The zero-order valence-electron chi connectivity index (χ0n) is 11.1. The van der Waals surface area contributed by atoms with E-state index in [9.17, 15) is 4.79 Å². The number of rotatable bonds is 3. The highest BCUT2D eigenvalue weighted by Crippen LogP contribution is 2.12. The monoisotopic (exact) mass is 247 g/mol. The number of hydrogen-bond donors (Lipinski definition) is 2. The van der Waals surface area contributed by atoms with E-state index >= 15 is 0 Å². The van der Waals surface area contributed by atoms with Gasteiger partial charge in [-0.1, -0.05) is 12.1 Å². The van der Waals surface area contributed by atoms with Crippen LogP contribution in [0.2, 0.25) is 0 Å². The second kappa shape index (κ2) is 5.98. The van der Waals surface area contributed by atoms with Gasteiger partial charge in [-0.25, -0.2) is 0 Å². The molecule has 98 valence electrons. The molecule has 1 aliphatic heterocycles. The Labute approximate surface area is 108 Å². The maximum absolute atomic E-state index is 10.9. The molecule has 4 nitrogen and oxygen atoms in total. The molecule has 2 rings (SSSR count). The van der Waals surface area contributed by atoms with E-state index in [0.29, 0.717) is 6.04 Å². The van der Waals surface area contributed by atoms with Crippen molar-refractivity contribution in [1.82, 2.24) is 10.2 Å². The van der Waals surface area contributed by atoms with Crippen LogP contribution in [-0.4, -0.2) is 36.5 Å². The first-order chi connectivity index (χ1) is 8.63. The molecule has 1 aliphatic rings. The topological polar surface area (TPSA) is 44.4 Å². The Morgan fingerprint density at radius 3 is 2.78 bits per heavy atom. The molecule has 1 aromatic carbocycles. The van der Waals surface area contributed by atoms with Gasteiger partial charge in [0.25, 0.3) is 0 Å². The number of amides is 1. The lowest BCUT2D eigenvalue weighted by molar-refractivity contribution is -0.114. The summed E-state index contributed by atoms with van der Waals surface area (Å²) < 4.78 is 0. The molecule has 1 atom stereocenters. The fourth-order valence-electron chi connectivity index (χ4n) is 2.31. The van der Waals surface area contributed by atoms with Gasteiger partial charge in [0, 0.05) is 44.8 Å². The molecular formula is C14H21N3O. The predicted octanol–water partition coefficient (Wildman–Crippen LogP) is 1.44. The summed E-state index contributed by atoms with van der Waals surface area (Å²) in [6, 6.07) is 8.65. The summed E-state index contributed by atoms with van der Waals surface area (Å²) in [5, 5.41) is 6.22. The van der Waals surface area contributed by atoms with Gasteiger partial charge >= 0.3 is 0 Å². The minimum Gasteiger partial charge on any atom is -0.326 e. The van der Waals surface area contributed by atoms with Crippen molar-refractivity contribution in [1.29, 1.82) is 0 Å². The van der Waals surface area contributed by atoms with Crippen LogP contribution in [0, 0.1) is 0 Å². The maximum atomic E-state index is 10.9. The molecular weight excluding hydrogens is 226 g/mol. The Morgan fingerprint density at radius 1 is 1.44 bits per heavy atom. The van der Waals surface area contributed by atoms with Crippen molar-refractivity contribution in [2.75, 3.05) is 25.0 Å². The first-order valence-electron chi connectivity index (χ1n) is 6.46. The van der Waals surface area contributed by atoms with Crippen LogP contribution in [0.15, 0.2) is 24.3 Å². The molecule has 18 heavy (non-hydrogen) atoms. The SMILES string of the molecule is CC(=O)Nc1ccc(CN2CCN[C@H](C)C2)cc1. The molecule has 0 radical (unpaired) electrons. The standard InChI is InChI=1S/C14H21N3O/c1-11-9-17(8-7-15-11)10-13-3-5-14(6-4-13)16-12(2)18/h3-6,11,15H,7-10H2,1-2H3,(H,16,18)/t11-/m1/s1. The average Bonchev–Trinajstić information content (AvgIpc) is 2.31. The van der Waals surface area contributed by atoms with Crippen molar-refractivity contribution >= 4 is 11.6 Å². The number of nitrogens with zero attached hydrogens (tertiary/aromatic N) is 1. The number of piperazine rings is 1. The number of nitrogens with one attached hydrogen (secondary N) is 2. The van der Waals surface area contributed by atoms with Gasteiger partial charge in [-0.05, 0) is 24.6 Å². The fraction of sp³-hybridized carbons (Fsp3) is 0.500. The third kappa shape index (κ3) is 3.82. The van der Waals surface area contributed by atoms with Crippen LogP contribution in [0.3, 0.4) is 0 Å². The summed E-state index contributed by atoms with van der Waals surface area (Å²) in [6.07, 6.45) is 0. The van der Waals surface area contributed by atoms with E-state index in [-0.39, 0.29) is 5.91 Å². The van der Waals surface area contributed by atoms with Crippen molar-refractivity contribution in [3.8, 4) is 0 Å². The Bertz CT molecular complexity index is 402. The molecule has 1 amide bonds. The fourth-order valence-corrected chi connectivity index (χ4v) is 2.31. The normalized spacial score (nSPS) is 20.7. The van der Waals surface area contributed by atoms with Gasteiger partial charge < -0.3 is 10.6 Å². The summed E-state index contributed by atoms with van der Waals surface area (Å²) in [7, 11) is 0. The third-order valence-electron chi connectivity index (χ3n) is 3.13. The number of benzene rings is 1. The lowest BCUT2D eigenvalue weighted by Crippen LogP contribution is -2.48. The minimum atomic E-state index is -0.0290. The van der Waals surface area contributed by atoms with Gasteiger partial charge in [-0.15, -0.1) is 0 Å². The highest BCUT2D eigenvalue weighted by molar-refractivity contribution is 5.88. The molecule has 0 aliphatic carbocycles. The number of anilines is 1. The summed E-state index contributed by atoms with van der Waals surface area (Å²) in [5.41, 5.74) is 2.15. The summed E-state index contributed by atoms with van der Waals surface area (Å²) in [6.45, 7) is 7.96. The molecule has 0 bridgehead atoms. The number of carbonyl (C=O) groups is 1. The number of hydrogen-bond acceptors (Lipinski definition) is 3. The van der Waals surface area contributed by atoms with Crippen molar-refractivity contribution in [3.05, 3.63) is 29.8 Å². The highest BCUT2D eigenvalue weighted by Gasteiger charge is 2.15. The van der Waals surface area contributed by atoms with Crippen LogP contribution in [0.25, 0.3) is 0 Å². The van der Waals surface area contributed by atoms with Gasteiger partial charge in [0.1, 0.15) is 0 Å². The molecule has 1 saturated heterocycles. The minimum absolute atomic E-state index is 0.0290. The quantitative estimate of drug-likeness (QED) is 0.849. The average molecular weight is 247 g/mol. The van der Waals surface area contributed by atoms with Crippen molar-refractivity contribution in [2.45, 2.75) is 26.4 Å².